The summed E-state index contributed by atoms with van der Waals surface area (Å²) in [5.74, 6) is -0.280. The van der Waals surface area contributed by atoms with E-state index in [2.05, 4.69) is 6.07 Å². The highest BCUT2D eigenvalue weighted by atomic mass is 16.5. The number of rotatable bonds is 5. The van der Waals surface area contributed by atoms with Gasteiger partial charge in [0.2, 0.25) is 0 Å². The van der Waals surface area contributed by atoms with Gasteiger partial charge in [0.15, 0.2) is 0 Å². The average molecular weight is 244 g/mol. The Hall–Kier alpha value is -2.02. The number of hydrogen-bond donors (Lipinski definition) is 1. The number of carbonyl (C=O) groups is 1. The van der Waals surface area contributed by atoms with Gasteiger partial charge in [0, 0.05) is 17.5 Å². The molecule has 0 aliphatic heterocycles. The van der Waals surface area contributed by atoms with Crippen LogP contribution in [-0.2, 0) is 16.0 Å². The van der Waals surface area contributed by atoms with Gasteiger partial charge in [-0.05, 0) is 24.5 Å². The van der Waals surface area contributed by atoms with Crippen molar-refractivity contribution in [2.75, 3.05) is 12.3 Å². The monoisotopic (exact) mass is 244 g/mol. The van der Waals surface area contributed by atoms with E-state index in [1.165, 1.54) is 0 Å². The van der Waals surface area contributed by atoms with E-state index in [9.17, 15) is 4.79 Å². The van der Waals surface area contributed by atoms with Crippen LogP contribution in [-0.4, -0.2) is 12.6 Å². The lowest BCUT2D eigenvalue weighted by Crippen LogP contribution is -2.16. The predicted octanol–water partition coefficient (Wildman–Crippen LogP) is 2.05. The molecule has 4 nitrogen and oxygen atoms in total. The molecule has 0 saturated heterocycles. The molecule has 1 aliphatic carbocycles. The molecule has 1 aromatic carbocycles. The van der Waals surface area contributed by atoms with Crippen molar-refractivity contribution in [2.24, 2.45) is 5.41 Å². The van der Waals surface area contributed by atoms with Crippen LogP contribution in [0.3, 0.4) is 0 Å². The number of carbonyl (C=O) groups excluding carboxylic acids is 1. The third-order valence-electron chi connectivity index (χ3n) is 3.34. The topological polar surface area (TPSA) is 76.1 Å². The van der Waals surface area contributed by atoms with Gasteiger partial charge >= 0.3 is 5.97 Å². The number of anilines is 1. The van der Waals surface area contributed by atoms with Gasteiger partial charge in [0.25, 0.3) is 0 Å². The molecule has 0 atom stereocenters. The molecule has 1 saturated carbocycles. The van der Waals surface area contributed by atoms with Crippen LogP contribution in [0, 0.1) is 16.7 Å². The normalized spacial score (nSPS) is 15.7. The van der Waals surface area contributed by atoms with Crippen molar-refractivity contribution in [3.63, 3.8) is 0 Å². The number of nitrogens with zero attached hydrogens (tertiary/aromatic N) is 1. The third kappa shape index (κ3) is 3.01. The molecule has 18 heavy (non-hydrogen) atoms. The standard InChI is InChI=1S/C14H16N2O2/c15-8-7-14(5-6-14)10-18-13(17)9-11-3-1-2-4-12(11)16/h1-4H,5-7,9-10,16H2. The summed E-state index contributed by atoms with van der Waals surface area (Å²) >= 11 is 0. The van der Waals surface area contributed by atoms with Crippen molar-refractivity contribution in [3.8, 4) is 6.07 Å². The Balaban J connectivity index is 1.83. The Kier molecular flexibility index (Phi) is 3.52. The Morgan fingerprint density at radius 2 is 2.17 bits per heavy atom. The maximum absolute atomic E-state index is 11.7. The maximum atomic E-state index is 11.7. The number of esters is 1. The molecule has 1 aliphatic rings. The van der Waals surface area contributed by atoms with Crippen molar-refractivity contribution < 1.29 is 9.53 Å². The summed E-state index contributed by atoms with van der Waals surface area (Å²) in [5.41, 5.74) is 7.09. The van der Waals surface area contributed by atoms with Gasteiger partial charge in [-0.3, -0.25) is 4.79 Å². The highest BCUT2D eigenvalue weighted by Gasteiger charge is 2.43. The van der Waals surface area contributed by atoms with Gasteiger partial charge in [-0.15, -0.1) is 0 Å². The summed E-state index contributed by atoms with van der Waals surface area (Å²) < 4.78 is 5.24. The van der Waals surface area contributed by atoms with Crippen molar-refractivity contribution in [2.45, 2.75) is 25.7 Å². The Morgan fingerprint density at radius 3 is 2.78 bits per heavy atom. The van der Waals surface area contributed by atoms with E-state index in [-0.39, 0.29) is 17.8 Å². The largest absolute Gasteiger partial charge is 0.465 e. The first-order valence-electron chi connectivity index (χ1n) is 6.01. The van der Waals surface area contributed by atoms with E-state index in [0.29, 0.717) is 18.7 Å². The van der Waals surface area contributed by atoms with Crippen molar-refractivity contribution in [1.29, 1.82) is 5.26 Å². The fraction of sp³-hybridized carbons (Fsp3) is 0.429. The lowest BCUT2D eigenvalue weighted by Gasteiger charge is -2.12. The summed E-state index contributed by atoms with van der Waals surface area (Å²) in [6.07, 6.45) is 2.60. The van der Waals surface area contributed by atoms with Crippen LogP contribution in [0.5, 0.6) is 0 Å². The second kappa shape index (κ2) is 5.09. The van der Waals surface area contributed by atoms with Gasteiger partial charge in [-0.2, -0.15) is 5.26 Å². The molecule has 0 unspecified atom stereocenters. The summed E-state index contributed by atoms with van der Waals surface area (Å²) in [5, 5.41) is 8.67. The predicted molar refractivity (Wildman–Crippen MR) is 67.4 cm³/mol. The highest BCUT2D eigenvalue weighted by molar-refractivity contribution is 5.74. The SMILES string of the molecule is N#CCC1(COC(=O)Cc2ccccc2N)CC1. The maximum Gasteiger partial charge on any atom is 0.310 e. The van der Waals surface area contributed by atoms with E-state index in [1.54, 1.807) is 6.07 Å². The summed E-state index contributed by atoms with van der Waals surface area (Å²) in [7, 11) is 0. The molecular formula is C14H16N2O2. The number of benzene rings is 1. The van der Waals surface area contributed by atoms with Crippen LogP contribution in [0.1, 0.15) is 24.8 Å². The molecule has 4 heteroatoms. The molecule has 2 rings (SSSR count). The fourth-order valence-corrected chi connectivity index (χ4v) is 1.85. The zero-order chi connectivity index (χ0) is 13.0. The minimum atomic E-state index is -0.280. The van der Waals surface area contributed by atoms with E-state index < -0.39 is 0 Å². The minimum absolute atomic E-state index is 0.0629. The molecule has 94 valence electrons. The number of nitriles is 1. The first-order chi connectivity index (χ1) is 8.65. The summed E-state index contributed by atoms with van der Waals surface area (Å²) in [6, 6.07) is 9.40. The number of para-hydroxylation sites is 1. The summed E-state index contributed by atoms with van der Waals surface area (Å²) in [6.45, 7) is 0.353. The molecule has 0 amide bonds. The van der Waals surface area contributed by atoms with Gasteiger partial charge in [-0.25, -0.2) is 0 Å². The molecule has 2 N–H and O–H groups in total. The van der Waals surface area contributed by atoms with Crippen molar-refractivity contribution in [3.05, 3.63) is 29.8 Å². The van der Waals surface area contributed by atoms with Gasteiger partial charge in [0.05, 0.1) is 19.1 Å². The molecular weight excluding hydrogens is 228 g/mol. The average Bonchev–Trinajstić information content (AvgIpc) is 3.11. The molecule has 1 fully saturated rings. The first-order valence-corrected chi connectivity index (χ1v) is 6.01. The smallest absolute Gasteiger partial charge is 0.310 e. The lowest BCUT2D eigenvalue weighted by atomic mass is 10.1. The summed E-state index contributed by atoms with van der Waals surface area (Å²) in [4.78, 5) is 11.7. The molecule has 0 aromatic heterocycles. The molecule has 1 aromatic rings. The zero-order valence-electron chi connectivity index (χ0n) is 10.2. The van der Waals surface area contributed by atoms with Gasteiger partial charge in [-0.1, -0.05) is 18.2 Å². The lowest BCUT2D eigenvalue weighted by molar-refractivity contribution is -0.144. The molecule has 0 bridgehead atoms. The molecule has 0 heterocycles. The van der Waals surface area contributed by atoms with Crippen LogP contribution in [0.25, 0.3) is 0 Å². The Bertz CT molecular complexity index is 487. The van der Waals surface area contributed by atoms with Crippen LogP contribution in [0.2, 0.25) is 0 Å². The number of hydrogen-bond acceptors (Lipinski definition) is 4. The van der Waals surface area contributed by atoms with Gasteiger partial charge < -0.3 is 10.5 Å². The molecule has 0 radical (unpaired) electrons. The van der Waals surface area contributed by atoms with E-state index in [1.807, 2.05) is 18.2 Å². The Morgan fingerprint density at radius 1 is 1.44 bits per heavy atom. The Labute approximate surface area is 106 Å². The van der Waals surface area contributed by atoms with E-state index >= 15 is 0 Å². The molecule has 0 spiro atoms. The van der Waals surface area contributed by atoms with Gasteiger partial charge in [0.1, 0.15) is 0 Å². The van der Waals surface area contributed by atoms with E-state index in [0.717, 1.165) is 18.4 Å². The minimum Gasteiger partial charge on any atom is -0.465 e. The second-order valence-electron chi connectivity index (χ2n) is 4.87. The third-order valence-corrected chi connectivity index (χ3v) is 3.34. The first kappa shape index (κ1) is 12.4. The number of nitrogen functional groups attached to an aromatic ring is 1. The second-order valence-corrected chi connectivity index (χ2v) is 4.87. The zero-order valence-corrected chi connectivity index (χ0v) is 10.2. The quantitative estimate of drug-likeness (QED) is 0.635. The number of ether oxygens (including phenoxy) is 1. The van der Waals surface area contributed by atoms with Crippen LogP contribution < -0.4 is 5.73 Å². The number of nitrogens with two attached hydrogens (primary N) is 1. The van der Waals surface area contributed by atoms with Crippen LogP contribution in [0.4, 0.5) is 5.69 Å². The highest BCUT2D eigenvalue weighted by Crippen LogP contribution is 2.48. The fourth-order valence-electron chi connectivity index (χ4n) is 1.85. The van der Waals surface area contributed by atoms with Crippen LogP contribution >= 0.6 is 0 Å². The van der Waals surface area contributed by atoms with Crippen molar-refractivity contribution in [1.82, 2.24) is 0 Å². The van der Waals surface area contributed by atoms with Crippen molar-refractivity contribution >= 4 is 11.7 Å². The van der Waals surface area contributed by atoms with Crippen LogP contribution in [0.15, 0.2) is 24.3 Å². The van der Waals surface area contributed by atoms with E-state index in [4.69, 9.17) is 15.7 Å².